The summed E-state index contributed by atoms with van der Waals surface area (Å²) in [4.78, 5) is 0. The summed E-state index contributed by atoms with van der Waals surface area (Å²) in [5, 5.41) is 11.8. The molecule has 1 rings (SSSR count). The summed E-state index contributed by atoms with van der Waals surface area (Å²) in [6, 6.07) is 3.06. The van der Waals surface area contributed by atoms with Crippen molar-refractivity contribution in [3.63, 3.8) is 0 Å². The predicted molar refractivity (Wildman–Crippen MR) is 63.3 cm³/mol. The van der Waals surface area contributed by atoms with E-state index in [0.717, 1.165) is 0 Å². The lowest BCUT2D eigenvalue weighted by Gasteiger charge is -2.18. The molecule has 0 amide bonds. The molecule has 18 heavy (non-hydrogen) atoms. The smallest absolute Gasteiger partial charge is 0.416 e. The molecule has 1 aromatic carbocycles. The predicted octanol–water partition coefficient (Wildman–Crippen LogP) is 2.99. The van der Waals surface area contributed by atoms with Crippen LogP contribution in [0.5, 0.6) is 5.75 Å². The average molecular weight is 284 g/mol. The van der Waals surface area contributed by atoms with E-state index in [2.05, 4.69) is 5.32 Å². The van der Waals surface area contributed by atoms with Gasteiger partial charge in [0.05, 0.1) is 12.8 Å². The minimum Gasteiger partial charge on any atom is -0.495 e. The minimum atomic E-state index is -4.65. The molecule has 0 bridgehead atoms. The highest BCUT2D eigenvalue weighted by Gasteiger charge is 2.37. The van der Waals surface area contributed by atoms with Crippen molar-refractivity contribution in [1.29, 1.82) is 0 Å². The maximum absolute atomic E-state index is 12.1. The van der Waals surface area contributed by atoms with Gasteiger partial charge in [-0.3, -0.25) is 0 Å². The number of aryl methyl sites for hydroxylation is 1. The van der Waals surface area contributed by atoms with E-state index >= 15 is 0 Å². The Kier molecular flexibility index (Phi) is 4.70. The average Bonchev–Trinajstić information content (AvgIpc) is 2.28. The maximum atomic E-state index is 12.1. The summed E-state index contributed by atoms with van der Waals surface area (Å²) in [7, 11) is 1.38. The van der Waals surface area contributed by atoms with Crippen molar-refractivity contribution in [2.75, 3.05) is 19.0 Å². The van der Waals surface area contributed by atoms with E-state index in [-0.39, 0.29) is 0 Å². The molecule has 0 fully saturated rings. The maximum Gasteiger partial charge on any atom is 0.416 e. The van der Waals surface area contributed by atoms with Crippen molar-refractivity contribution in [3.8, 4) is 5.75 Å². The van der Waals surface area contributed by atoms with Gasteiger partial charge in [0.1, 0.15) is 5.75 Å². The van der Waals surface area contributed by atoms with Crippen molar-refractivity contribution in [3.05, 3.63) is 22.7 Å². The monoisotopic (exact) mass is 283 g/mol. The molecule has 0 aliphatic carbocycles. The van der Waals surface area contributed by atoms with Gasteiger partial charge in [-0.15, -0.1) is 0 Å². The number of alkyl halides is 3. The number of rotatable bonds is 4. The Morgan fingerprint density at radius 2 is 2.06 bits per heavy atom. The van der Waals surface area contributed by atoms with Crippen molar-refractivity contribution in [2.24, 2.45) is 0 Å². The number of aliphatic hydroxyl groups excluding tert-OH is 1. The lowest BCUT2D eigenvalue weighted by molar-refractivity contribution is -0.198. The van der Waals surface area contributed by atoms with Gasteiger partial charge in [0.15, 0.2) is 6.10 Å². The third-order valence-corrected chi connectivity index (χ3v) is 2.75. The van der Waals surface area contributed by atoms with Crippen LogP contribution in [0.4, 0.5) is 18.9 Å². The summed E-state index contributed by atoms with van der Waals surface area (Å²) in [5.74, 6) is 0.319. The number of halogens is 4. The third kappa shape index (κ3) is 3.68. The van der Waals surface area contributed by atoms with Crippen LogP contribution in [0.1, 0.15) is 5.56 Å². The van der Waals surface area contributed by atoms with Crippen LogP contribution in [0.3, 0.4) is 0 Å². The highest BCUT2D eigenvalue weighted by molar-refractivity contribution is 6.31. The molecule has 1 atom stereocenters. The largest absolute Gasteiger partial charge is 0.495 e. The Bertz CT molecular complexity index is 423. The number of benzene rings is 1. The molecule has 3 nitrogen and oxygen atoms in total. The fraction of sp³-hybridized carbons (Fsp3) is 0.455. The molecule has 0 radical (unpaired) electrons. The lowest BCUT2D eigenvalue weighted by Crippen LogP contribution is -2.35. The van der Waals surface area contributed by atoms with Crippen LogP contribution in [-0.2, 0) is 0 Å². The van der Waals surface area contributed by atoms with Gasteiger partial charge in [0.25, 0.3) is 0 Å². The van der Waals surface area contributed by atoms with E-state index in [4.69, 9.17) is 21.4 Å². The van der Waals surface area contributed by atoms with E-state index in [1.54, 1.807) is 13.0 Å². The summed E-state index contributed by atoms with van der Waals surface area (Å²) in [6.45, 7) is 1.06. The zero-order chi connectivity index (χ0) is 13.9. The zero-order valence-electron chi connectivity index (χ0n) is 9.81. The molecule has 0 heterocycles. The second-order valence-corrected chi connectivity index (χ2v) is 4.15. The molecule has 1 unspecified atom stereocenters. The van der Waals surface area contributed by atoms with E-state index in [1.165, 1.54) is 13.2 Å². The Morgan fingerprint density at radius 3 is 2.56 bits per heavy atom. The second kappa shape index (κ2) is 5.67. The Hall–Kier alpha value is -1.14. The van der Waals surface area contributed by atoms with Crippen molar-refractivity contribution in [1.82, 2.24) is 0 Å². The number of nitrogens with one attached hydrogen (secondary N) is 1. The van der Waals surface area contributed by atoms with Gasteiger partial charge in [-0.05, 0) is 18.6 Å². The van der Waals surface area contributed by atoms with Gasteiger partial charge in [-0.2, -0.15) is 13.2 Å². The SMILES string of the molecule is COc1cc(Cl)c(C)cc1NCC(O)C(F)(F)F. The van der Waals surface area contributed by atoms with Gasteiger partial charge >= 0.3 is 6.18 Å². The second-order valence-electron chi connectivity index (χ2n) is 3.74. The number of ether oxygens (including phenoxy) is 1. The molecular formula is C11H13ClF3NO2. The molecule has 7 heteroatoms. The first kappa shape index (κ1) is 14.9. The van der Waals surface area contributed by atoms with Gasteiger partial charge < -0.3 is 15.2 Å². The van der Waals surface area contributed by atoms with Crippen LogP contribution >= 0.6 is 11.6 Å². The van der Waals surface area contributed by atoms with Crippen molar-refractivity contribution < 1.29 is 23.0 Å². The number of hydrogen-bond acceptors (Lipinski definition) is 3. The number of hydrogen-bond donors (Lipinski definition) is 2. The van der Waals surface area contributed by atoms with Crippen LogP contribution < -0.4 is 10.1 Å². The highest BCUT2D eigenvalue weighted by Crippen LogP contribution is 2.31. The number of anilines is 1. The van der Waals surface area contributed by atoms with Crippen molar-refractivity contribution >= 4 is 17.3 Å². The van der Waals surface area contributed by atoms with E-state index < -0.39 is 18.8 Å². The Balaban J connectivity index is 2.82. The van der Waals surface area contributed by atoms with E-state index in [0.29, 0.717) is 22.0 Å². The summed E-state index contributed by atoms with van der Waals surface area (Å²) in [6.07, 6.45) is -7.08. The molecule has 0 saturated carbocycles. The van der Waals surface area contributed by atoms with Gasteiger partial charge in [0.2, 0.25) is 0 Å². The summed E-state index contributed by atoms with van der Waals surface area (Å²) in [5.41, 5.74) is 1.05. The third-order valence-electron chi connectivity index (χ3n) is 2.34. The first-order valence-corrected chi connectivity index (χ1v) is 5.46. The van der Waals surface area contributed by atoms with Crippen LogP contribution in [-0.4, -0.2) is 31.0 Å². The van der Waals surface area contributed by atoms with Crippen LogP contribution in [0.2, 0.25) is 5.02 Å². The molecule has 0 aromatic heterocycles. The van der Waals surface area contributed by atoms with Gasteiger partial charge in [-0.25, -0.2) is 0 Å². The van der Waals surface area contributed by atoms with Gasteiger partial charge in [0, 0.05) is 17.6 Å². The van der Waals surface area contributed by atoms with Crippen molar-refractivity contribution in [2.45, 2.75) is 19.2 Å². The molecule has 2 N–H and O–H groups in total. The molecule has 102 valence electrons. The standard InChI is InChI=1S/C11H13ClF3NO2/c1-6-3-8(9(18-2)4-7(6)12)16-5-10(17)11(13,14)15/h3-4,10,16-17H,5H2,1-2H3. The first-order chi connectivity index (χ1) is 8.25. The quantitative estimate of drug-likeness (QED) is 0.892. The molecular weight excluding hydrogens is 271 g/mol. The normalized spacial score (nSPS) is 13.3. The molecule has 0 aliphatic heterocycles. The molecule has 0 spiro atoms. The Morgan fingerprint density at radius 1 is 1.44 bits per heavy atom. The fourth-order valence-corrected chi connectivity index (χ4v) is 1.45. The zero-order valence-corrected chi connectivity index (χ0v) is 10.6. The highest BCUT2D eigenvalue weighted by atomic mass is 35.5. The van der Waals surface area contributed by atoms with E-state index in [1.807, 2.05) is 0 Å². The summed E-state index contributed by atoms with van der Waals surface area (Å²) >= 11 is 5.86. The number of aliphatic hydroxyl groups is 1. The lowest BCUT2D eigenvalue weighted by atomic mass is 10.2. The molecule has 1 aromatic rings. The number of methoxy groups -OCH3 is 1. The topological polar surface area (TPSA) is 41.5 Å². The molecule has 0 saturated heterocycles. The fourth-order valence-electron chi connectivity index (χ4n) is 1.29. The van der Waals surface area contributed by atoms with Crippen LogP contribution in [0, 0.1) is 6.92 Å². The van der Waals surface area contributed by atoms with Gasteiger partial charge in [-0.1, -0.05) is 11.6 Å². The Labute approximate surface area is 108 Å². The first-order valence-electron chi connectivity index (χ1n) is 5.08. The van der Waals surface area contributed by atoms with E-state index in [9.17, 15) is 13.2 Å². The summed E-state index contributed by atoms with van der Waals surface area (Å²) < 4.78 is 41.4. The minimum absolute atomic E-state index is 0.319. The van der Waals surface area contributed by atoms with Crippen LogP contribution in [0.15, 0.2) is 12.1 Å². The van der Waals surface area contributed by atoms with Crippen LogP contribution in [0.25, 0.3) is 0 Å². The molecule has 0 aliphatic rings.